The fourth-order valence-electron chi connectivity index (χ4n) is 2.88. The first-order valence-electron chi connectivity index (χ1n) is 8.80. The number of nitrogens with one attached hydrogen (secondary N) is 1. The Hall–Kier alpha value is -3.89. The van der Waals surface area contributed by atoms with E-state index in [0.717, 1.165) is 24.3 Å². The van der Waals surface area contributed by atoms with E-state index in [-0.39, 0.29) is 16.9 Å². The molecule has 31 heavy (non-hydrogen) atoms. The molecule has 1 N–H and O–H groups in total. The van der Waals surface area contributed by atoms with Crippen molar-refractivity contribution in [3.05, 3.63) is 77.2 Å². The van der Waals surface area contributed by atoms with E-state index in [1.165, 1.54) is 24.3 Å². The van der Waals surface area contributed by atoms with Gasteiger partial charge in [-0.2, -0.15) is 22.7 Å². The molecule has 0 radical (unpaired) electrons. The van der Waals surface area contributed by atoms with E-state index in [2.05, 4.69) is 20.4 Å². The Bertz CT molecular complexity index is 1300. The lowest BCUT2D eigenvalue weighted by Gasteiger charge is -2.10. The lowest BCUT2D eigenvalue weighted by Crippen LogP contribution is -2.16. The summed E-state index contributed by atoms with van der Waals surface area (Å²) in [5.41, 5.74) is -0.439. The normalized spacial score (nSPS) is 11.7. The van der Waals surface area contributed by atoms with Crippen molar-refractivity contribution in [2.45, 2.75) is 13.1 Å². The Morgan fingerprint density at radius 2 is 1.65 bits per heavy atom. The van der Waals surface area contributed by atoms with Gasteiger partial charge in [-0.3, -0.25) is 4.79 Å². The maximum absolute atomic E-state index is 13.6. The number of nitrogens with zero attached hydrogens (tertiary/aromatic N) is 4. The van der Waals surface area contributed by atoms with Gasteiger partial charge in [0.15, 0.2) is 5.69 Å². The minimum absolute atomic E-state index is 0.117. The van der Waals surface area contributed by atoms with Crippen LogP contribution in [0.4, 0.5) is 27.6 Å². The summed E-state index contributed by atoms with van der Waals surface area (Å²) >= 11 is 0. The van der Waals surface area contributed by atoms with Crippen molar-refractivity contribution in [3.63, 3.8) is 0 Å². The molecular formula is C20H12F5N5O. The van der Waals surface area contributed by atoms with Gasteiger partial charge in [-0.25, -0.2) is 13.8 Å². The number of fused-ring (bicyclic) bond motifs is 1. The average Bonchev–Trinajstić information content (AvgIpc) is 3.13. The van der Waals surface area contributed by atoms with Crippen LogP contribution in [0.1, 0.15) is 21.9 Å². The topological polar surface area (TPSA) is 72.2 Å². The van der Waals surface area contributed by atoms with Gasteiger partial charge in [0.2, 0.25) is 5.82 Å². The van der Waals surface area contributed by atoms with Gasteiger partial charge in [-0.1, -0.05) is 0 Å². The van der Waals surface area contributed by atoms with Crippen LogP contribution < -0.4 is 5.32 Å². The van der Waals surface area contributed by atoms with Crippen LogP contribution in [0.2, 0.25) is 0 Å². The van der Waals surface area contributed by atoms with Crippen molar-refractivity contribution in [1.82, 2.24) is 19.6 Å². The second-order valence-corrected chi connectivity index (χ2v) is 6.59. The number of carbonyl (C=O) groups excluding carboxylic acids is 1. The predicted octanol–water partition coefficient (Wildman–Crippen LogP) is 4.65. The minimum Gasteiger partial charge on any atom is -0.319 e. The summed E-state index contributed by atoms with van der Waals surface area (Å²) in [6.07, 6.45) is -4.83. The molecule has 2 aromatic carbocycles. The highest BCUT2D eigenvalue weighted by Crippen LogP contribution is 2.32. The van der Waals surface area contributed by atoms with Gasteiger partial charge in [0.05, 0.1) is 5.69 Å². The third-order valence-electron chi connectivity index (χ3n) is 4.38. The lowest BCUT2D eigenvalue weighted by molar-refractivity contribution is -0.142. The summed E-state index contributed by atoms with van der Waals surface area (Å²) in [4.78, 5) is 20.3. The van der Waals surface area contributed by atoms with Crippen LogP contribution in [0.3, 0.4) is 0 Å². The van der Waals surface area contributed by atoms with Gasteiger partial charge >= 0.3 is 6.18 Å². The maximum atomic E-state index is 13.6. The van der Waals surface area contributed by atoms with Gasteiger partial charge in [0.25, 0.3) is 11.7 Å². The fraction of sp³-hybridized carbons (Fsp3) is 0.100. The quantitative estimate of drug-likeness (QED) is 0.478. The third-order valence-corrected chi connectivity index (χ3v) is 4.38. The molecule has 2 heterocycles. The maximum Gasteiger partial charge on any atom is 0.433 e. The van der Waals surface area contributed by atoms with Crippen LogP contribution in [0.15, 0.2) is 48.5 Å². The van der Waals surface area contributed by atoms with E-state index >= 15 is 0 Å². The molecule has 11 heteroatoms. The Morgan fingerprint density at radius 1 is 0.968 bits per heavy atom. The molecule has 0 spiro atoms. The number of hydrogen-bond acceptors (Lipinski definition) is 4. The van der Waals surface area contributed by atoms with Crippen molar-refractivity contribution in [3.8, 4) is 11.3 Å². The molecule has 0 atom stereocenters. The Kier molecular flexibility index (Phi) is 4.88. The number of aromatic nitrogens is 4. The molecule has 2 aromatic heterocycles. The SMILES string of the molecule is Cc1cc(F)ccc1NC(=O)c1nc2nc(-c3ccc(F)cc3)cc(C(F)(F)F)n2n1. The molecule has 0 saturated carbocycles. The van der Waals surface area contributed by atoms with Crippen LogP contribution in [-0.4, -0.2) is 25.5 Å². The molecule has 6 nitrogen and oxygen atoms in total. The highest BCUT2D eigenvalue weighted by Gasteiger charge is 2.36. The number of alkyl halides is 3. The standard InChI is InChI=1S/C20H12F5N5O/c1-10-8-13(22)6-7-14(10)26-18(31)17-28-19-27-15(11-2-4-12(21)5-3-11)9-16(20(23,24)25)30(19)29-17/h2-9H,1H3,(H,26,31). The Morgan fingerprint density at radius 3 is 2.29 bits per heavy atom. The molecule has 0 fully saturated rings. The summed E-state index contributed by atoms with van der Waals surface area (Å²) in [6.45, 7) is 1.55. The van der Waals surface area contributed by atoms with Crippen molar-refractivity contribution < 1.29 is 26.7 Å². The van der Waals surface area contributed by atoms with Crippen LogP contribution in [-0.2, 0) is 6.18 Å². The largest absolute Gasteiger partial charge is 0.433 e. The summed E-state index contributed by atoms with van der Waals surface area (Å²) in [5, 5.41) is 6.08. The zero-order chi connectivity index (χ0) is 22.3. The summed E-state index contributed by atoms with van der Waals surface area (Å²) in [7, 11) is 0. The monoisotopic (exact) mass is 433 g/mol. The van der Waals surface area contributed by atoms with Crippen molar-refractivity contribution in [2.24, 2.45) is 0 Å². The number of benzene rings is 2. The predicted molar refractivity (Wildman–Crippen MR) is 100 cm³/mol. The lowest BCUT2D eigenvalue weighted by atomic mass is 10.1. The van der Waals surface area contributed by atoms with Gasteiger partial charge in [-0.05, 0) is 61.0 Å². The number of aryl methyl sites for hydroxylation is 1. The van der Waals surface area contributed by atoms with E-state index in [0.29, 0.717) is 10.1 Å². The zero-order valence-electron chi connectivity index (χ0n) is 15.7. The van der Waals surface area contributed by atoms with E-state index < -0.39 is 41.0 Å². The molecular weight excluding hydrogens is 421 g/mol. The fourth-order valence-corrected chi connectivity index (χ4v) is 2.88. The molecule has 0 aliphatic rings. The van der Waals surface area contributed by atoms with Crippen LogP contribution in [0.5, 0.6) is 0 Å². The first-order valence-corrected chi connectivity index (χ1v) is 8.80. The number of amides is 1. The van der Waals surface area contributed by atoms with Gasteiger partial charge in [0, 0.05) is 11.3 Å². The summed E-state index contributed by atoms with van der Waals surface area (Å²) < 4.78 is 67.6. The zero-order valence-corrected chi connectivity index (χ0v) is 15.7. The number of hydrogen-bond donors (Lipinski definition) is 1. The van der Waals surface area contributed by atoms with E-state index in [1.54, 1.807) is 6.92 Å². The van der Waals surface area contributed by atoms with E-state index in [1.807, 2.05) is 0 Å². The molecule has 0 bridgehead atoms. The smallest absolute Gasteiger partial charge is 0.319 e. The second kappa shape index (κ2) is 7.42. The molecule has 0 unspecified atom stereocenters. The summed E-state index contributed by atoms with van der Waals surface area (Å²) in [6, 6.07) is 9.07. The van der Waals surface area contributed by atoms with Crippen LogP contribution in [0.25, 0.3) is 17.0 Å². The number of anilines is 1. The van der Waals surface area contributed by atoms with Gasteiger partial charge in [0.1, 0.15) is 11.6 Å². The Labute approximate surface area is 171 Å². The molecule has 4 rings (SSSR count). The minimum atomic E-state index is -4.83. The van der Waals surface area contributed by atoms with Gasteiger partial charge < -0.3 is 5.32 Å². The molecule has 0 aliphatic carbocycles. The number of rotatable bonds is 3. The van der Waals surface area contributed by atoms with E-state index in [4.69, 9.17) is 0 Å². The average molecular weight is 433 g/mol. The Balaban J connectivity index is 1.78. The number of halogens is 5. The van der Waals surface area contributed by atoms with Crippen LogP contribution in [0, 0.1) is 18.6 Å². The van der Waals surface area contributed by atoms with Crippen molar-refractivity contribution in [2.75, 3.05) is 5.32 Å². The first-order chi connectivity index (χ1) is 14.6. The molecule has 4 aromatic rings. The van der Waals surface area contributed by atoms with E-state index in [9.17, 15) is 26.7 Å². The molecule has 1 amide bonds. The van der Waals surface area contributed by atoms with Crippen molar-refractivity contribution in [1.29, 1.82) is 0 Å². The number of carbonyl (C=O) groups is 1. The van der Waals surface area contributed by atoms with Gasteiger partial charge in [-0.15, -0.1) is 5.10 Å². The molecule has 158 valence electrons. The third kappa shape index (κ3) is 4.06. The molecule has 0 saturated heterocycles. The molecule has 0 aliphatic heterocycles. The highest BCUT2D eigenvalue weighted by atomic mass is 19.4. The first kappa shape index (κ1) is 20.4. The van der Waals surface area contributed by atoms with Crippen LogP contribution >= 0.6 is 0 Å². The highest BCUT2D eigenvalue weighted by molar-refractivity contribution is 6.02. The summed E-state index contributed by atoms with van der Waals surface area (Å²) in [5.74, 6) is -2.98. The van der Waals surface area contributed by atoms with Crippen molar-refractivity contribution >= 4 is 17.4 Å². The second-order valence-electron chi connectivity index (χ2n) is 6.59.